The van der Waals surface area contributed by atoms with Crippen molar-refractivity contribution in [2.24, 2.45) is 0 Å². The van der Waals surface area contributed by atoms with Gasteiger partial charge in [0.05, 0.1) is 12.7 Å². The first-order valence-corrected chi connectivity index (χ1v) is 9.52. The second-order valence-electron chi connectivity index (χ2n) is 6.54. The van der Waals surface area contributed by atoms with E-state index in [0.29, 0.717) is 11.6 Å². The lowest BCUT2D eigenvalue weighted by atomic mass is 10.2. The zero-order valence-corrected chi connectivity index (χ0v) is 16.8. The second kappa shape index (κ2) is 9.37. The zero-order chi connectivity index (χ0) is 19.9. The summed E-state index contributed by atoms with van der Waals surface area (Å²) in [7, 11) is 0. The molecule has 0 N–H and O–H groups in total. The SMILES string of the molecule is CCN(Cc1cn(CC(=O)OCc2ccc(Cl)cc2)nn1)c1ccc(C)cc1. The van der Waals surface area contributed by atoms with E-state index in [1.807, 2.05) is 12.1 Å². The number of hydrogen-bond donors (Lipinski definition) is 0. The third-order valence-electron chi connectivity index (χ3n) is 4.32. The predicted molar refractivity (Wildman–Crippen MR) is 109 cm³/mol. The summed E-state index contributed by atoms with van der Waals surface area (Å²) < 4.78 is 6.79. The van der Waals surface area contributed by atoms with Gasteiger partial charge in [0.25, 0.3) is 0 Å². The Bertz CT molecular complexity index is 907. The Morgan fingerprint density at radius 2 is 1.86 bits per heavy atom. The molecule has 0 aliphatic heterocycles. The zero-order valence-electron chi connectivity index (χ0n) is 16.0. The van der Waals surface area contributed by atoms with Gasteiger partial charge in [-0.05, 0) is 43.7 Å². The van der Waals surface area contributed by atoms with Crippen LogP contribution in [0.3, 0.4) is 0 Å². The van der Waals surface area contributed by atoms with E-state index in [1.165, 1.54) is 10.2 Å². The van der Waals surface area contributed by atoms with E-state index in [0.717, 1.165) is 23.5 Å². The first-order valence-electron chi connectivity index (χ1n) is 9.14. The molecule has 2 aromatic carbocycles. The van der Waals surface area contributed by atoms with Gasteiger partial charge >= 0.3 is 5.97 Å². The van der Waals surface area contributed by atoms with E-state index in [9.17, 15) is 4.79 Å². The average Bonchev–Trinajstić information content (AvgIpc) is 3.13. The summed E-state index contributed by atoms with van der Waals surface area (Å²) in [5.74, 6) is -0.364. The summed E-state index contributed by atoms with van der Waals surface area (Å²) in [4.78, 5) is 14.2. The van der Waals surface area contributed by atoms with Crippen molar-refractivity contribution in [2.45, 2.75) is 33.5 Å². The van der Waals surface area contributed by atoms with E-state index in [2.05, 4.69) is 53.3 Å². The number of hydrogen-bond acceptors (Lipinski definition) is 5. The second-order valence-corrected chi connectivity index (χ2v) is 6.98. The predicted octanol–water partition coefficient (Wildman–Crippen LogP) is 4.01. The number of rotatable bonds is 8. The van der Waals surface area contributed by atoms with Gasteiger partial charge in [0.1, 0.15) is 18.8 Å². The molecular formula is C21H23ClN4O2. The van der Waals surface area contributed by atoms with Crippen LogP contribution in [0.2, 0.25) is 5.02 Å². The largest absolute Gasteiger partial charge is 0.459 e. The monoisotopic (exact) mass is 398 g/mol. The molecule has 3 rings (SSSR count). The van der Waals surface area contributed by atoms with Gasteiger partial charge < -0.3 is 9.64 Å². The van der Waals surface area contributed by atoms with Gasteiger partial charge in [0.15, 0.2) is 0 Å². The van der Waals surface area contributed by atoms with Gasteiger partial charge in [0.2, 0.25) is 0 Å². The average molecular weight is 399 g/mol. The van der Waals surface area contributed by atoms with Crippen LogP contribution in [0.4, 0.5) is 5.69 Å². The minimum absolute atomic E-state index is 0.0250. The van der Waals surface area contributed by atoms with Gasteiger partial charge in [-0.2, -0.15) is 0 Å². The lowest BCUT2D eigenvalue weighted by Crippen LogP contribution is -2.22. The molecule has 0 aliphatic rings. The Balaban J connectivity index is 1.53. The molecule has 7 heteroatoms. The lowest BCUT2D eigenvalue weighted by Gasteiger charge is -2.21. The van der Waals surface area contributed by atoms with Crippen LogP contribution in [0, 0.1) is 6.92 Å². The van der Waals surface area contributed by atoms with Crippen LogP contribution < -0.4 is 4.90 Å². The minimum Gasteiger partial charge on any atom is -0.459 e. The molecule has 146 valence electrons. The molecule has 0 spiro atoms. The number of esters is 1. The van der Waals surface area contributed by atoms with Gasteiger partial charge in [-0.25, -0.2) is 4.68 Å². The standard InChI is InChI=1S/C21H23ClN4O2/c1-3-25(20-10-4-16(2)5-11-20)12-19-13-26(24-23-19)14-21(27)28-15-17-6-8-18(22)9-7-17/h4-11,13H,3,12,14-15H2,1-2H3. The Hall–Kier alpha value is -2.86. The molecule has 0 bridgehead atoms. The van der Waals surface area contributed by atoms with Crippen LogP contribution in [0.25, 0.3) is 0 Å². The molecule has 1 heterocycles. The third kappa shape index (κ3) is 5.57. The highest BCUT2D eigenvalue weighted by Gasteiger charge is 2.11. The van der Waals surface area contributed by atoms with Crippen LogP contribution in [0.1, 0.15) is 23.7 Å². The molecule has 0 amide bonds. The van der Waals surface area contributed by atoms with Crippen molar-refractivity contribution in [1.29, 1.82) is 0 Å². The molecule has 0 unspecified atom stereocenters. The Morgan fingerprint density at radius 3 is 2.54 bits per heavy atom. The van der Waals surface area contributed by atoms with Crippen molar-refractivity contribution in [3.63, 3.8) is 0 Å². The number of nitrogens with zero attached hydrogens (tertiary/aromatic N) is 4. The quantitative estimate of drug-likeness (QED) is 0.536. The molecule has 28 heavy (non-hydrogen) atoms. The van der Waals surface area contributed by atoms with Gasteiger partial charge in [0, 0.05) is 17.3 Å². The molecule has 0 radical (unpaired) electrons. The molecule has 0 saturated heterocycles. The van der Waals surface area contributed by atoms with Crippen molar-refractivity contribution in [3.8, 4) is 0 Å². The Kier molecular flexibility index (Phi) is 6.66. The number of carbonyl (C=O) groups excluding carboxylic acids is 1. The summed E-state index contributed by atoms with van der Waals surface area (Å²) in [5.41, 5.74) is 4.04. The van der Waals surface area contributed by atoms with Crippen molar-refractivity contribution < 1.29 is 9.53 Å². The summed E-state index contributed by atoms with van der Waals surface area (Å²) in [5, 5.41) is 8.87. The fraction of sp³-hybridized carbons (Fsp3) is 0.286. The maximum absolute atomic E-state index is 12.0. The topological polar surface area (TPSA) is 60.2 Å². The number of aromatic nitrogens is 3. The van der Waals surface area contributed by atoms with Gasteiger partial charge in [-0.15, -0.1) is 5.10 Å². The maximum atomic E-state index is 12.0. The molecule has 0 fully saturated rings. The van der Waals surface area contributed by atoms with Gasteiger partial charge in [-0.3, -0.25) is 4.79 Å². The van der Waals surface area contributed by atoms with Crippen LogP contribution >= 0.6 is 11.6 Å². The molecular weight excluding hydrogens is 376 g/mol. The van der Waals surface area contributed by atoms with Crippen LogP contribution in [0.5, 0.6) is 0 Å². The number of ether oxygens (including phenoxy) is 1. The summed E-state index contributed by atoms with van der Waals surface area (Å²) in [6, 6.07) is 15.6. The van der Waals surface area contributed by atoms with E-state index < -0.39 is 0 Å². The van der Waals surface area contributed by atoms with Crippen molar-refractivity contribution in [2.75, 3.05) is 11.4 Å². The van der Waals surface area contributed by atoms with Gasteiger partial charge in [-0.1, -0.05) is 46.6 Å². The molecule has 0 aliphatic carbocycles. The van der Waals surface area contributed by atoms with Crippen molar-refractivity contribution in [1.82, 2.24) is 15.0 Å². The van der Waals surface area contributed by atoms with Crippen molar-refractivity contribution >= 4 is 23.3 Å². The lowest BCUT2D eigenvalue weighted by molar-refractivity contribution is -0.145. The van der Waals surface area contributed by atoms with E-state index in [4.69, 9.17) is 16.3 Å². The highest BCUT2D eigenvalue weighted by molar-refractivity contribution is 6.30. The number of anilines is 1. The smallest absolute Gasteiger partial charge is 0.328 e. The molecule has 0 saturated carbocycles. The number of aryl methyl sites for hydroxylation is 1. The normalized spacial score (nSPS) is 10.7. The highest BCUT2D eigenvalue weighted by Crippen LogP contribution is 2.17. The fourth-order valence-electron chi connectivity index (χ4n) is 2.75. The van der Waals surface area contributed by atoms with Crippen LogP contribution in [-0.4, -0.2) is 27.5 Å². The van der Waals surface area contributed by atoms with E-state index >= 15 is 0 Å². The summed E-state index contributed by atoms with van der Waals surface area (Å²) in [6.45, 7) is 5.86. The van der Waals surface area contributed by atoms with E-state index in [1.54, 1.807) is 18.3 Å². The fourth-order valence-corrected chi connectivity index (χ4v) is 2.87. The first-order chi connectivity index (χ1) is 13.5. The van der Waals surface area contributed by atoms with Crippen LogP contribution in [-0.2, 0) is 29.2 Å². The molecule has 6 nitrogen and oxygen atoms in total. The number of carbonyl (C=O) groups is 1. The van der Waals surface area contributed by atoms with Crippen molar-refractivity contribution in [3.05, 3.63) is 76.6 Å². The maximum Gasteiger partial charge on any atom is 0.328 e. The molecule has 0 atom stereocenters. The third-order valence-corrected chi connectivity index (χ3v) is 4.58. The highest BCUT2D eigenvalue weighted by atomic mass is 35.5. The Morgan fingerprint density at radius 1 is 1.14 bits per heavy atom. The van der Waals surface area contributed by atoms with E-state index in [-0.39, 0.29) is 19.1 Å². The minimum atomic E-state index is -0.364. The summed E-state index contributed by atoms with van der Waals surface area (Å²) in [6.07, 6.45) is 1.78. The number of halogens is 1. The summed E-state index contributed by atoms with van der Waals surface area (Å²) >= 11 is 5.85. The number of benzene rings is 2. The molecule has 3 aromatic rings. The first kappa shape index (κ1) is 19.9. The Labute approximate surface area is 169 Å². The molecule has 1 aromatic heterocycles. The van der Waals surface area contributed by atoms with Crippen LogP contribution in [0.15, 0.2) is 54.7 Å².